The van der Waals surface area contributed by atoms with Crippen molar-refractivity contribution in [3.8, 4) is 0 Å². The van der Waals surface area contributed by atoms with Crippen molar-refractivity contribution < 1.29 is 9.18 Å². The van der Waals surface area contributed by atoms with Crippen LogP contribution in [0, 0.1) is 17.2 Å². The fourth-order valence-corrected chi connectivity index (χ4v) is 5.45. The predicted molar refractivity (Wildman–Crippen MR) is 142 cm³/mol. The maximum absolute atomic E-state index is 14.5. The van der Waals surface area contributed by atoms with Gasteiger partial charge in [-0.3, -0.25) is 4.79 Å². The quantitative estimate of drug-likeness (QED) is 0.332. The lowest BCUT2D eigenvalue weighted by Gasteiger charge is -2.46. The first-order chi connectivity index (χ1) is 17.6. The largest absolute Gasteiger partial charge is 0.357 e. The third-order valence-electron chi connectivity index (χ3n) is 7.08. The Hall–Kier alpha value is -3.59. The Balaban J connectivity index is 1.42. The zero-order valence-corrected chi connectivity index (χ0v) is 22.0. The van der Waals surface area contributed by atoms with Gasteiger partial charge in [-0.05, 0) is 53.5 Å². The Morgan fingerprint density at radius 1 is 1.27 bits per heavy atom. The third-order valence-corrected chi connectivity index (χ3v) is 7.08. The van der Waals surface area contributed by atoms with E-state index in [1.165, 1.54) is 6.20 Å². The monoisotopic (exact) mass is 503 g/mol. The van der Waals surface area contributed by atoms with Crippen LogP contribution in [0.15, 0.2) is 42.9 Å². The average molecular weight is 504 g/mol. The molecule has 8 nitrogen and oxygen atoms in total. The number of aryl methyl sites for hydroxylation is 1. The highest BCUT2D eigenvalue weighted by Crippen LogP contribution is 2.51. The first kappa shape index (κ1) is 25.1. The molecule has 0 spiro atoms. The van der Waals surface area contributed by atoms with Crippen molar-refractivity contribution in [2.24, 2.45) is 18.4 Å². The number of aromatic nitrogens is 5. The molecule has 194 valence electrons. The van der Waals surface area contributed by atoms with Crippen molar-refractivity contribution in [2.45, 2.75) is 52.5 Å². The van der Waals surface area contributed by atoms with Crippen LogP contribution in [-0.4, -0.2) is 37.2 Å². The Kier molecular flexibility index (Phi) is 6.35. The van der Waals surface area contributed by atoms with E-state index in [4.69, 9.17) is 0 Å². The van der Waals surface area contributed by atoms with Crippen LogP contribution in [0.2, 0.25) is 0 Å². The number of hydrogen-bond donors (Lipinski definition) is 3. The van der Waals surface area contributed by atoms with Crippen LogP contribution in [0.4, 0.5) is 10.1 Å². The maximum Gasteiger partial charge on any atom is 0.274 e. The van der Waals surface area contributed by atoms with Crippen LogP contribution in [0.3, 0.4) is 0 Å². The minimum Gasteiger partial charge on any atom is -0.357 e. The second kappa shape index (κ2) is 9.37. The Morgan fingerprint density at radius 3 is 2.73 bits per heavy atom. The van der Waals surface area contributed by atoms with E-state index < -0.39 is 5.82 Å². The number of benzene rings is 1. The summed E-state index contributed by atoms with van der Waals surface area (Å²) in [6.07, 6.45) is 4.93. The number of rotatable bonds is 7. The molecule has 0 bridgehead atoms. The topological polar surface area (TPSA) is 101 Å². The van der Waals surface area contributed by atoms with Crippen LogP contribution in [0.1, 0.15) is 68.0 Å². The molecule has 3 N–H and O–H groups in total. The fraction of sp³-hybridized carbons (Fsp3) is 0.429. The van der Waals surface area contributed by atoms with Gasteiger partial charge in [0, 0.05) is 32.0 Å². The van der Waals surface area contributed by atoms with Gasteiger partial charge in [-0.15, -0.1) is 10.2 Å². The van der Waals surface area contributed by atoms with Gasteiger partial charge in [-0.1, -0.05) is 39.8 Å². The van der Waals surface area contributed by atoms with E-state index in [1.54, 1.807) is 12.4 Å². The number of fused-ring (bicyclic) bond motifs is 1. The number of carbonyl (C=O) groups excluding carboxylic acids is 1. The molecule has 3 aromatic heterocycles. The maximum atomic E-state index is 14.5. The van der Waals surface area contributed by atoms with Crippen molar-refractivity contribution in [2.75, 3.05) is 11.9 Å². The Labute approximate surface area is 216 Å². The lowest BCUT2D eigenvalue weighted by molar-refractivity contribution is 0.102. The summed E-state index contributed by atoms with van der Waals surface area (Å²) in [6.45, 7) is 9.92. The summed E-state index contributed by atoms with van der Waals surface area (Å²) in [6, 6.07) is 9.60. The summed E-state index contributed by atoms with van der Waals surface area (Å²) in [5, 5.41) is 14.9. The molecule has 9 heteroatoms. The van der Waals surface area contributed by atoms with Crippen LogP contribution < -0.4 is 10.6 Å². The fourth-order valence-electron chi connectivity index (χ4n) is 5.45. The lowest BCUT2D eigenvalue weighted by Crippen LogP contribution is -2.43. The van der Waals surface area contributed by atoms with E-state index in [2.05, 4.69) is 64.6 Å². The number of carbonyl (C=O) groups is 1. The molecular formula is C28H34FN7O. The van der Waals surface area contributed by atoms with Crippen LogP contribution in [-0.2, 0) is 19.0 Å². The Morgan fingerprint density at radius 2 is 2.05 bits per heavy atom. The molecule has 1 saturated carbocycles. The zero-order valence-electron chi connectivity index (χ0n) is 22.0. The van der Waals surface area contributed by atoms with Gasteiger partial charge in [0.1, 0.15) is 23.4 Å². The molecule has 0 saturated heterocycles. The molecule has 5 rings (SSSR count). The molecule has 1 aromatic carbocycles. The van der Waals surface area contributed by atoms with Gasteiger partial charge in [0.2, 0.25) is 0 Å². The predicted octanol–water partition coefficient (Wildman–Crippen LogP) is 4.93. The molecule has 0 unspecified atom stereocenters. The summed E-state index contributed by atoms with van der Waals surface area (Å²) in [5.41, 5.74) is 3.34. The average Bonchev–Trinajstić information content (AvgIpc) is 3.42. The number of nitrogens with zero attached hydrogens (tertiary/aromatic N) is 4. The molecule has 1 fully saturated rings. The Bertz CT molecular complexity index is 1440. The number of nitrogens with one attached hydrogen (secondary N) is 3. The molecule has 3 heterocycles. The molecule has 0 radical (unpaired) electrons. The number of aromatic amines is 1. The molecule has 4 aromatic rings. The first-order valence-electron chi connectivity index (χ1n) is 12.7. The molecule has 1 aliphatic rings. The van der Waals surface area contributed by atoms with Gasteiger partial charge in [0.05, 0.1) is 10.9 Å². The molecule has 0 atom stereocenters. The lowest BCUT2D eigenvalue weighted by atomic mass is 9.58. The minimum absolute atomic E-state index is 0.0962. The van der Waals surface area contributed by atoms with Crippen molar-refractivity contribution >= 4 is 22.6 Å². The summed E-state index contributed by atoms with van der Waals surface area (Å²) in [5.74, 6) is 0.642. The molecular weight excluding hydrogens is 469 g/mol. The van der Waals surface area contributed by atoms with Gasteiger partial charge < -0.3 is 20.2 Å². The highest BCUT2D eigenvalue weighted by molar-refractivity contribution is 6.04. The molecule has 37 heavy (non-hydrogen) atoms. The van der Waals surface area contributed by atoms with E-state index in [0.29, 0.717) is 23.7 Å². The summed E-state index contributed by atoms with van der Waals surface area (Å²) in [4.78, 5) is 20.6. The minimum atomic E-state index is -0.478. The molecule has 0 aliphatic heterocycles. The van der Waals surface area contributed by atoms with Gasteiger partial charge in [0.25, 0.3) is 5.91 Å². The number of H-pyrrole nitrogens is 1. The smallest absolute Gasteiger partial charge is 0.274 e. The van der Waals surface area contributed by atoms with Crippen LogP contribution >= 0.6 is 0 Å². The number of anilines is 1. The zero-order chi connectivity index (χ0) is 26.4. The van der Waals surface area contributed by atoms with Crippen LogP contribution in [0.25, 0.3) is 11.0 Å². The SMILES string of the molecule is CC1CC(c2cccc(NC(=O)c3cc(CNCC(C)(C)C)c4[nH]cc(F)c4n3)c2)(c2nncn2C)C1. The van der Waals surface area contributed by atoms with E-state index in [-0.39, 0.29) is 27.9 Å². The highest BCUT2D eigenvalue weighted by Gasteiger charge is 2.48. The third kappa shape index (κ3) is 4.87. The van der Waals surface area contributed by atoms with Gasteiger partial charge in [-0.2, -0.15) is 0 Å². The van der Waals surface area contributed by atoms with E-state index in [0.717, 1.165) is 36.3 Å². The summed E-state index contributed by atoms with van der Waals surface area (Å²) in [7, 11) is 1.96. The van der Waals surface area contributed by atoms with Gasteiger partial charge >= 0.3 is 0 Å². The standard InChI is InChI=1S/C28H34FN7O/c1-17-11-28(12-17,26-35-32-16-36(26)5)19-7-6-8-20(10-19)33-25(37)22-9-18(13-30-15-27(2,3)4)23-24(34-22)21(29)14-31-23/h6-10,14,16-17,30-31H,11-13,15H2,1-5H3,(H,33,37). The van der Waals surface area contributed by atoms with Crippen molar-refractivity contribution in [3.63, 3.8) is 0 Å². The van der Waals surface area contributed by atoms with E-state index in [9.17, 15) is 9.18 Å². The van der Waals surface area contributed by atoms with E-state index in [1.807, 2.05) is 29.8 Å². The van der Waals surface area contributed by atoms with Crippen molar-refractivity contribution in [3.05, 3.63) is 71.3 Å². The number of pyridine rings is 1. The number of hydrogen-bond acceptors (Lipinski definition) is 5. The normalized spacial score (nSPS) is 19.7. The number of halogens is 1. The molecule has 1 aliphatic carbocycles. The summed E-state index contributed by atoms with van der Waals surface area (Å²) >= 11 is 0. The van der Waals surface area contributed by atoms with Crippen molar-refractivity contribution in [1.29, 1.82) is 0 Å². The molecule has 1 amide bonds. The van der Waals surface area contributed by atoms with Crippen molar-refractivity contribution in [1.82, 2.24) is 30.0 Å². The second-order valence-corrected chi connectivity index (χ2v) is 11.6. The first-order valence-corrected chi connectivity index (χ1v) is 12.7. The van der Waals surface area contributed by atoms with Gasteiger partial charge in [0.15, 0.2) is 5.82 Å². The van der Waals surface area contributed by atoms with Gasteiger partial charge in [-0.25, -0.2) is 9.37 Å². The van der Waals surface area contributed by atoms with E-state index >= 15 is 0 Å². The highest BCUT2D eigenvalue weighted by atomic mass is 19.1. The van der Waals surface area contributed by atoms with Crippen LogP contribution in [0.5, 0.6) is 0 Å². The number of amides is 1. The summed E-state index contributed by atoms with van der Waals surface area (Å²) < 4.78 is 16.4. The second-order valence-electron chi connectivity index (χ2n) is 11.6.